The Balaban J connectivity index is 1.13. The smallest absolute Gasteiger partial charge is 0.309 e. The standard InChI is InChI=1S/C49H72N2O7/c1-31(2)42-35(52)27-49(38(53)30-50(29-32-13-10-9-11-14-32)25-26-51-24-12-15-40(51)54)23-18-34-33(43(42)49)16-17-37-47(34,7)21-19-36-46(5,6)39(20-22-48(36,37)8)58-41(55)28-45(3,4)44(56)57/h9-11,13-14,31,33-34,36-39,53H,12,15-30H2,1-8H3,(H,56,57). The number of nitrogens with zero attached hydrogens (tertiary/aromatic N) is 2. The number of carboxylic acid groups (broad SMARTS) is 1. The lowest BCUT2D eigenvalue weighted by molar-refractivity contribution is -0.214. The summed E-state index contributed by atoms with van der Waals surface area (Å²) in [5, 5.41) is 22.3. The van der Waals surface area contributed by atoms with Gasteiger partial charge < -0.3 is 19.8 Å². The number of rotatable bonds is 13. The van der Waals surface area contributed by atoms with Crippen LogP contribution in [0.3, 0.4) is 0 Å². The van der Waals surface area contributed by atoms with Gasteiger partial charge in [-0.1, -0.05) is 77.4 Å². The Morgan fingerprint density at radius 2 is 1.66 bits per heavy atom. The molecule has 0 spiro atoms. The molecule has 320 valence electrons. The molecule has 9 unspecified atom stereocenters. The highest BCUT2D eigenvalue weighted by Gasteiger charge is 2.67. The van der Waals surface area contributed by atoms with Crippen LogP contribution in [0.15, 0.2) is 41.5 Å². The molecule has 7 rings (SSSR count). The number of ketones is 1. The zero-order valence-corrected chi connectivity index (χ0v) is 36.8. The van der Waals surface area contributed by atoms with Crippen LogP contribution in [0, 0.1) is 56.7 Å². The second-order valence-electron chi connectivity index (χ2n) is 21.6. The van der Waals surface area contributed by atoms with E-state index in [0.29, 0.717) is 56.8 Å². The molecule has 6 aliphatic rings. The molecule has 0 aromatic heterocycles. The summed E-state index contributed by atoms with van der Waals surface area (Å²) in [6.07, 6.45) is 8.63. The third-order valence-corrected chi connectivity index (χ3v) is 17.2. The summed E-state index contributed by atoms with van der Waals surface area (Å²) in [7, 11) is 0. The molecule has 9 nitrogen and oxygen atoms in total. The van der Waals surface area contributed by atoms with E-state index in [0.717, 1.165) is 69.9 Å². The Bertz CT molecular complexity index is 1790. The van der Waals surface area contributed by atoms with Gasteiger partial charge in [-0.25, -0.2) is 0 Å². The number of carbonyl (C=O) groups excluding carboxylic acids is 3. The number of amides is 1. The number of hydrogen-bond acceptors (Lipinski definition) is 7. The highest BCUT2D eigenvalue weighted by atomic mass is 16.5. The van der Waals surface area contributed by atoms with E-state index in [9.17, 15) is 29.4 Å². The molecule has 0 radical (unpaired) electrons. The van der Waals surface area contributed by atoms with Crippen LogP contribution < -0.4 is 0 Å². The van der Waals surface area contributed by atoms with Gasteiger partial charge in [0.2, 0.25) is 5.91 Å². The van der Waals surface area contributed by atoms with Gasteiger partial charge in [0.15, 0.2) is 5.78 Å². The van der Waals surface area contributed by atoms with E-state index in [2.05, 4.69) is 70.7 Å². The van der Waals surface area contributed by atoms with E-state index in [-0.39, 0.29) is 52.3 Å². The molecule has 1 saturated heterocycles. The van der Waals surface area contributed by atoms with E-state index in [1.54, 1.807) is 13.8 Å². The van der Waals surface area contributed by atoms with Crippen molar-refractivity contribution in [3.8, 4) is 0 Å². The van der Waals surface area contributed by atoms with Gasteiger partial charge in [0.05, 0.1) is 17.9 Å². The minimum atomic E-state index is -1.17. The maximum atomic E-state index is 14.3. The predicted molar refractivity (Wildman–Crippen MR) is 224 cm³/mol. The first-order chi connectivity index (χ1) is 27.2. The van der Waals surface area contributed by atoms with Gasteiger partial charge in [-0.3, -0.25) is 24.1 Å². The Labute approximate surface area is 347 Å². The summed E-state index contributed by atoms with van der Waals surface area (Å²) in [6.45, 7) is 20.4. The highest BCUT2D eigenvalue weighted by Crippen LogP contribution is 2.73. The topological polar surface area (TPSA) is 124 Å². The van der Waals surface area contributed by atoms with Crippen molar-refractivity contribution in [1.29, 1.82) is 0 Å². The lowest BCUT2D eigenvalue weighted by atomic mass is 9.36. The fourth-order valence-electron chi connectivity index (χ4n) is 14.3. The number of carbonyl (C=O) groups is 4. The Morgan fingerprint density at radius 1 is 0.948 bits per heavy atom. The second-order valence-corrected chi connectivity index (χ2v) is 21.6. The summed E-state index contributed by atoms with van der Waals surface area (Å²) >= 11 is 0. The van der Waals surface area contributed by atoms with Gasteiger partial charge in [-0.2, -0.15) is 0 Å². The van der Waals surface area contributed by atoms with Crippen molar-refractivity contribution < 1.29 is 34.1 Å². The van der Waals surface area contributed by atoms with Gasteiger partial charge in [0.25, 0.3) is 0 Å². The van der Waals surface area contributed by atoms with Crippen LogP contribution in [0.2, 0.25) is 0 Å². The van der Waals surface area contributed by atoms with Crippen molar-refractivity contribution >= 4 is 23.6 Å². The van der Waals surface area contributed by atoms with Crippen LogP contribution in [0.1, 0.15) is 138 Å². The number of hydrogen-bond donors (Lipinski definition) is 2. The summed E-state index contributed by atoms with van der Waals surface area (Å²) in [6, 6.07) is 10.4. The number of carboxylic acids is 1. The van der Waals surface area contributed by atoms with Crippen LogP contribution in [0.4, 0.5) is 0 Å². The quantitative estimate of drug-likeness (QED) is 0.191. The first-order valence-electron chi connectivity index (χ1n) is 22.7. The van der Waals surface area contributed by atoms with E-state index >= 15 is 0 Å². The molecule has 1 aromatic carbocycles. The van der Waals surface area contributed by atoms with Crippen molar-refractivity contribution in [2.24, 2.45) is 56.7 Å². The number of aliphatic hydroxyl groups is 1. The number of benzene rings is 1. The van der Waals surface area contributed by atoms with Gasteiger partial charge in [0, 0.05) is 56.4 Å². The average molecular weight is 801 g/mol. The summed E-state index contributed by atoms with van der Waals surface area (Å²) in [5.41, 5.74) is 1.61. The minimum Gasteiger partial charge on any atom is -0.481 e. The average Bonchev–Trinajstić information content (AvgIpc) is 3.71. The largest absolute Gasteiger partial charge is 0.481 e. The number of ether oxygens (including phenoxy) is 1. The molecule has 1 aliphatic heterocycles. The molecule has 9 atom stereocenters. The number of fused-ring (bicyclic) bond motifs is 7. The Hall–Kier alpha value is -3.04. The van der Waals surface area contributed by atoms with E-state index < -0.39 is 28.9 Å². The molecule has 9 heteroatoms. The predicted octanol–water partition coefficient (Wildman–Crippen LogP) is 8.48. The molecule has 1 amide bonds. The fourth-order valence-corrected chi connectivity index (χ4v) is 14.3. The lowest BCUT2D eigenvalue weighted by Gasteiger charge is -2.69. The third kappa shape index (κ3) is 7.40. The van der Waals surface area contributed by atoms with Crippen LogP contribution >= 0.6 is 0 Å². The second kappa shape index (κ2) is 15.8. The lowest BCUT2D eigenvalue weighted by Crippen LogP contribution is -2.63. The maximum Gasteiger partial charge on any atom is 0.309 e. The SMILES string of the molecule is CC(C)C1=C2C3CCC4C(C)(CCC5C(C)(C)C(OC(=O)CC(C)(C)C(=O)O)CCC54C)C3CCC2(C(O)CN(CCN2CCCC2=O)Cc2ccccc2)CC1=O. The molecule has 58 heavy (non-hydrogen) atoms. The number of allylic oxidation sites excluding steroid dienone is 1. The molecule has 0 bridgehead atoms. The molecular weight excluding hydrogens is 729 g/mol. The van der Waals surface area contributed by atoms with Crippen molar-refractivity contribution in [3.05, 3.63) is 47.0 Å². The van der Waals surface area contributed by atoms with Gasteiger partial charge >= 0.3 is 11.9 Å². The Kier molecular flexibility index (Phi) is 11.7. The van der Waals surface area contributed by atoms with Crippen molar-refractivity contribution in [3.63, 3.8) is 0 Å². The van der Waals surface area contributed by atoms with Gasteiger partial charge in [0.1, 0.15) is 6.10 Å². The molecule has 4 saturated carbocycles. The molecular formula is C49H72N2O7. The summed E-state index contributed by atoms with van der Waals surface area (Å²) < 4.78 is 6.18. The number of Topliss-reactive ketones (excluding diaryl/α,β-unsaturated/α-hetero) is 1. The van der Waals surface area contributed by atoms with E-state index in [1.807, 2.05) is 11.0 Å². The molecule has 5 aliphatic carbocycles. The minimum absolute atomic E-state index is 0.0637. The molecule has 5 fully saturated rings. The molecule has 1 aromatic rings. The number of aliphatic carboxylic acids is 1. The van der Waals surface area contributed by atoms with Gasteiger partial charge in [-0.05, 0) is 123 Å². The third-order valence-electron chi connectivity index (χ3n) is 17.2. The maximum absolute atomic E-state index is 14.3. The summed E-state index contributed by atoms with van der Waals surface area (Å²) in [4.78, 5) is 56.1. The first kappa shape index (κ1) is 43.1. The molecule has 1 heterocycles. The zero-order chi connectivity index (χ0) is 42.0. The van der Waals surface area contributed by atoms with Crippen LogP contribution in [0.25, 0.3) is 0 Å². The van der Waals surface area contributed by atoms with Crippen molar-refractivity contribution in [2.75, 3.05) is 26.2 Å². The fraction of sp³-hybridized carbons (Fsp3) is 0.755. The highest BCUT2D eigenvalue weighted by molar-refractivity contribution is 6.00. The monoisotopic (exact) mass is 801 g/mol. The van der Waals surface area contributed by atoms with E-state index in [4.69, 9.17) is 4.74 Å². The molecule has 2 N–H and O–H groups in total. The number of aliphatic hydroxyl groups excluding tert-OH is 1. The Morgan fingerprint density at radius 3 is 2.31 bits per heavy atom. The van der Waals surface area contributed by atoms with Crippen LogP contribution in [-0.4, -0.2) is 82.0 Å². The summed E-state index contributed by atoms with van der Waals surface area (Å²) in [5.74, 6) is 0.673. The van der Waals surface area contributed by atoms with Crippen LogP contribution in [-0.2, 0) is 30.5 Å². The normalized spacial score (nSPS) is 35.1. The van der Waals surface area contributed by atoms with Crippen molar-refractivity contribution in [2.45, 2.75) is 151 Å². The van der Waals surface area contributed by atoms with Crippen molar-refractivity contribution in [1.82, 2.24) is 9.80 Å². The zero-order valence-electron chi connectivity index (χ0n) is 36.8. The first-order valence-corrected chi connectivity index (χ1v) is 22.7. The van der Waals surface area contributed by atoms with Gasteiger partial charge in [-0.15, -0.1) is 0 Å². The number of esters is 1. The van der Waals surface area contributed by atoms with E-state index in [1.165, 1.54) is 11.1 Å². The van der Waals surface area contributed by atoms with Crippen LogP contribution in [0.5, 0.6) is 0 Å². The number of likely N-dealkylation sites (tertiary alicyclic amines) is 1.